The highest BCUT2D eigenvalue weighted by molar-refractivity contribution is 5.93. The van der Waals surface area contributed by atoms with Crippen molar-refractivity contribution < 1.29 is 9.47 Å². The van der Waals surface area contributed by atoms with Gasteiger partial charge < -0.3 is 15.2 Å². The molecule has 1 saturated heterocycles. The SMILES string of the molecule is N=C(N)c1cc(COC2CCOCC2)ccn1. The normalized spacial score (nSPS) is 16.9. The maximum absolute atomic E-state index is 7.32. The molecule has 3 N–H and O–H groups in total. The maximum atomic E-state index is 7.32. The second-order valence-corrected chi connectivity index (χ2v) is 4.09. The minimum Gasteiger partial charge on any atom is -0.382 e. The van der Waals surface area contributed by atoms with Gasteiger partial charge in [0.2, 0.25) is 0 Å². The number of aromatic nitrogens is 1. The molecule has 1 aliphatic rings. The van der Waals surface area contributed by atoms with Crippen LogP contribution >= 0.6 is 0 Å². The topological polar surface area (TPSA) is 81.2 Å². The van der Waals surface area contributed by atoms with E-state index in [9.17, 15) is 0 Å². The van der Waals surface area contributed by atoms with Crippen LogP contribution in [0, 0.1) is 5.41 Å². The van der Waals surface area contributed by atoms with Crippen molar-refractivity contribution in [3.05, 3.63) is 29.6 Å². The molecule has 2 rings (SSSR count). The Labute approximate surface area is 100 Å². The molecule has 0 aromatic carbocycles. The van der Waals surface area contributed by atoms with Crippen LogP contribution in [0.15, 0.2) is 18.3 Å². The first-order chi connectivity index (χ1) is 8.25. The number of nitrogens with two attached hydrogens (primary N) is 1. The Morgan fingerprint density at radius 3 is 3.00 bits per heavy atom. The van der Waals surface area contributed by atoms with Crippen molar-refractivity contribution >= 4 is 5.84 Å². The number of rotatable bonds is 4. The molecule has 92 valence electrons. The molecule has 1 aromatic rings. The third-order valence-electron chi connectivity index (χ3n) is 2.75. The van der Waals surface area contributed by atoms with E-state index < -0.39 is 0 Å². The van der Waals surface area contributed by atoms with Gasteiger partial charge in [-0.1, -0.05) is 0 Å². The van der Waals surface area contributed by atoms with Crippen LogP contribution in [0.4, 0.5) is 0 Å². The van der Waals surface area contributed by atoms with Gasteiger partial charge in [-0.2, -0.15) is 0 Å². The molecule has 0 amide bonds. The lowest BCUT2D eigenvalue weighted by atomic mass is 10.1. The number of ether oxygens (including phenoxy) is 2. The fourth-order valence-corrected chi connectivity index (χ4v) is 1.77. The summed E-state index contributed by atoms with van der Waals surface area (Å²) in [5.41, 5.74) is 6.88. The van der Waals surface area contributed by atoms with Crippen LogP contribution in [0.1, 0.15) is 24.1 Å². The van der Waals surface area contributed by atoms with E-state index in [-0.39, 0.29) is 11.9 Å². The zero-order valence-electron chi connectivity index (χ0n) is 9.69. The molecule has 17 heavy (non-hydrogen) atoms. The van der Waals surface area contributed by atoms with Gasteiger partial charge in [-0.05, 0) is 30.5 Å². The van der Waals surface area contributed by atoms with Crippen molar-refractivity contribution in [2.24, 2.45) is 5.73 Å². The van der Waals surface area contributed by atoms with Crippen LogP contribution in [-0.2, 0) is 16.1 Å². The van der Waals surface area contributed by atoms with E-state index in [1.165, 1.54) is 0 Å². The summed E-state index contributed by atoms with van der Waals surface area (Å²) in [5.74, 6) is -0.0158. The summed E-state index contributed by atoms with van der Waals surface area (Å²) in [6.07, 6.45) is 3.83. The van der Waals surface area contributed by atoms with Crippen molar-refractivity contribution in [2.75, 3.05) is 13.2 Å². The quantitative estimate of drug-likeness (QED) is 0.604. The van der Waals surface area contributed by atoms with Gasteiger partial charge in [-0.15, -0.1) is 0 Å². The zero-order valence-corrected chi connectivity index (χ0v) is 9.69. The van der Waals surface area contributed by atoms with Gasteiger partial charge in [0, 0.05) is 19.4 Å². The third-order valence-corrected chi connectivity index (χ3v) is 2.75. The number of amidine groups is 1. The van der Waals surface area contributed by atoms with E-state index in [1.807, 2.05) is 6.07 Å². The highest BCUT2D eigenvalue weighted by Gasteiger charge is 2.14. The van der Waals surface area contributed by atoms with Gasteiger partial charge in [0.1, 0.15) is 11.5 Å². The predicted molar refractivity (Wildman–Crippen MR) is 63.9 cm³/mol. The molecule has 1 aromatic heterocycles. The van der Waals surface area contributed by atoms with Gasteiger partial charge in [-0.25, -0.2) is 0 Å². The predicted octanol–water partition coefficient (Wildman–Crippen LogP) is 1.06. The van der Waals surface area contributed by atoms with Crippen LogP contribution in [-0.4, -0.2) is 30.1 Å². The van der Waals surface area contributed by atoms with E-state index in [0.29, 0.717) is 12.3 Å². The van der Waals surface area contributed by atoms with Gasteiger partial charge in [0.25, 0.3) is 0 Å². The van der Waals surface area contributed by atoms with Crippen LogP contribution < -0.4 is 5.73 Å². The Morgan fingerprint density at radius 2 is 2.29 bits per heavy atom. The molecule has 0 radical (unpaired) electrons. The van der Waals surface area contributed by atoms with Gasteiger partial charge >= 0.3 is 0 Å². The monoisotopic (exact) mass is 235 g/mol. The number of hydrogen-bond donors (Lipinski definition) is 2. The molecular formula is C12H17N3O2. The van der Waals surface area contributed by atoms with E-state index in [2.05, 4.69) is 4.98 Å². The number of nitrogen functional groups attached to an aromatic ring is 1. The van der Waals surface area contributed by atoms with Crippen molar-refractivity contribution in [1.82, 2.24) is 4.98 Å². The molecule has 1 aliphatic heterocycles. The zero-order chi connectivity index (χ0) is 12.1. The summed E-state index contributed by atoms with van der Waals surface area (Å²) in [5, 5.41) is 7.32. The molecule has 0 aliphatic carbocycles. The van der Waals surface area contributed by atoms with Crippen LogP contribution in [0.3, 0.4) is 0 Å². The van der Waals surface area contributed by atoms with E-state index in [0.717, 1.165) is 31.6 Å². The third kappa shape index (κ3) is 3.51. The first-order valence-electron chi connectivity index (χ1n) is 5.74. The number of pyridine rings is 1. The van der Waals surface area contributed by atoms with E-state index >= 15 is 0 Å². The number of hydrogen-bond acceptors (Lipinski definition) is 4. The Kier molecular flexibility index (Phi) is 4.06. The Balaban J connectivity index is 1.89. The summed E-state index contributed by atoms with van der Waals surface area (Å²) in [6.45, 7) is 2.09. The maximum Gasteiger partial charge on any atom is 0.141 e. The fraction of sp³-hybridized carbons (Fsp3) is 0.500. The van der Waals surface area contributed by atoms with Crippen molar-refractivity contribution in [2.45, 2.75) is 25.6 Å². The summed E-state index contributed by atoms with van der Waals surface area (Å²) in [7, 11) is 0. The lowest BCUT2D eigenvalue weighted by Crippen LogP contribution is -2.23. The molecule has 2 heterocycles. The molecule has 0 unspecified atom stereocenters. The molecule has 1 fully saturated rings. The van der Waals surface area contributed by atoms with Crippen LogP contribution in [0.2, 0.25) is 0 Å². The lowest BCUT2D eigenvalue weighted by molar-refractivity contribution is -0.0390. The fourth-order valence-electron chi connectivity index (χ4n) is 1.77. The molecule has 5 heteroatoms. The largest absolute Gasteiger partial charge is 0.382 e. The van der Waals surface area contributed by atoms with E-state index in [4.69, 9.17) is 20.6 Å². The highest BCUT2D eigenvalue weighted by atomic mass is 16.5. The Bertz CT molecular complexity index is 389. The number of nitrogens with one attached hydrogen (secondary N) is 1. The Hall–Kier alpha value is -1.46. The van der Waals surface area contributed by atoms with E-state index in [1.54, 1.807) is 12.3 Å². The van der Waals surface area contributed by atoms with Crippen molar-refractivity contribution in [1.29, 1.82) is 5.41 Å². The summed E-state index contributed by atoms with van der Waals surface area (Å²) in [4.78, 5) is 4.01. The minimum absolute atomic E-state index is 0.0158. The smallest absolute Gasteiger partial charge is 0.141 e. The second kappa shape index (κ2) is 5.75. The minimum atomic E-state index is -0.0158. The first-order valence-corrected chi connectivity index (χ1v) is 5.74. The average Bonchev–Trinajstić information content (AvgIpc) is 2.38. The van der Waals surface area contributed by atoms with Crippen LogP contribution in [0.5, 0.6) is 0 Å². The molecule has 0 saturated carbocycles. The summed E-state index contributed by atoms with van der Waals surface area (Å²) in [6, 6.07) is 3.67. The second-order valence-electron chi connectivity index (χ2n) is 4.09. The molecule has 0 bridgehead atoms. The average molecular weight is 235 g/mol. The highest BCUT2D eigenvalue weighted by Crippen LogP contribution is 2.13. The first kappa shape index (κ1) is 12.0. The Morgan fingerprint density at radius 1 is 1.53 bits per heavy atom. The molecule has 0 atom stereocenters. The van der Waals surface area contributed by atoms with Gasteiger partial charge in [0.15, 0.2) is 0 Å². The standard InChI is InChI=1S/C12H17N3O2/c13-12(14)11-7-9(1-4-15-11)8-17-10-2-5-16-6-3-10/h1,4,7,10H,2-3,5-6,8H2,(H3,13,14). The molecule has 5 nitrogen and oxygen atoms in total. The molecule has 0 spiro atoms. The van der Waals surface area contributed by atoms with Crippen molar-refractivity contribution in [3.63, 3.8) is 0 Å². The van der Waals surface area contributed by atoms with Gasteiger partial charge in [0.05, 0.1) is 12.7 Å². The van der Waals surface area contributed by atoms with Gasteiger partial charge in [-0.3, -0.25) is 10.4 Å². The van der Waals surface area contributed by atoms with Crippen molar-refractivity contribution in [3.8, 4) is 0 Å². The lowest BCUT2D eigenvalue weighted by Gasteiger charge is -2.22. The number of nitrogens with zero attached hydrogens (tertiary/aromatic N) is 1. The summed E-state index contributed by atoms with van der Waals surface area (Å²) >= 11 is 0. The molecular weight excluding hydrogens is 218 g/mol. The summed E-state index contributed by atoms with van der Waals surface area (Å²) < 4.78 is 11.1. The van der Waals surface area contributed by atoms with Crippen LogP contribution in [0.25, 0.3) is 0 Å².